The van der Waals surface area contributed by atoms with Crippen molar-refractivity contribution in [2.24, 2.45) is 0 Å². The van der Waals surface area contributed by atoms with E-state index in [9.17, 15) is 4.79 Å². The van der Waals surface area contributed by atoms with Crippen LogP contribution < -0.4 is 5.32 Å². The van der Waals surface area contributed by atoms with Crippen LogP contribution >= 0.6 is 0 Å². The molecule has 106 valence electrons. The van der Waals surface area contributed by atoms with Crippen LogP contribution in [0, 0.1) is 0 Å². The second-order valence-electron chi connectivity index (χ2n) is 5.42. The summed E-state index contributed by atoms with van der Waals surface area (Å²) >= 11 is 0. The van der Waals surface area contributed by atoms with Crippen molar-refractivity contribution < 1.29 is 4.79 Å². The molecule has 0 spiro atoms. The van der Waals surface area contributed by atoms with Crippen molar-refractivity contribution in [1.82, 2.24) is 10.3 Å². The number of carbonyl (C=O) groups is 1. The van der Waals surface area contributed by atoms with Crippen molar-refractivity contribution in [2.45, 2.75) is 24.8 Å². The second kappa shape index (κ2) is 5.52. The van der Waals surface area contributed by atoms with E-state index in [1.165, 1.54) is 6.08 Å². The van der Waals surface area contributed by atoms with Gasteiger partial charge in [0.25, 0.3) is 0 Å². The third kappa shape index (κ3) is 2.59. The number of nitrogens with one attached hydrogen (secondary N) is 1. The molecule has 0 bridgehead atoms. The van der Waals surface area contributed by atoms with Crippen LogP contribution in [0.15, 0.2) is 61.3 Å². The van der Waals surface area contributed by atoms with Crippen LogP contribution in [0.4, 0.5) is 0 Å². The summed E-state index contributed by atoms with van der Waals surface area (Å²) in [5, 5.41) is 3.08. The minimum atomic E-state index is -0.214. The molecular formula is C18H18N2O. The van der Waals surface area contributed by atoms with Gasteiger partial charge in [-0.05, 0) is 43.0 Å². The Morgan fingerprint density at radius 3 is 2.48 bits per heavy atom. The van der Waals surface area contributed by atoms with E-state index in [4.69, 9.17) is 0 Å². The van der Waals surface area contributed by atoms with Gasteiger partial charge in [0.2, 0.25) is 5.91 Å². The van der Waals surface area contributed by atoms with Crippen LogP contribution in [0.25, 0.3) is 11.3 Å². The average Bonchev–Trinajstić information content (AvgIpc) is 2.52. The van der Waals surface area contributed by atoms with Crippen LogP contribution in [-0.2, 0) is 10.3 Å². The number of aromatic nitrogens is 1. The Labute approximate surface area is 124 Å². The quantitative estimate of drug-likeness (QED) is 0.871. The molecule has 3 heteroatoms. The molecule has 1 N–H and O–H groups in total. The van der Waals surface area contributed by atoms with Crippen molar-refractivity contribution >= 4 is 5.91 Å². The Bertz CT molecular complexity index is 643. The maximum atomic E-state index is 11.6. The minimum Gasteiger partial charge on any atom is -0.343 e. The molecule has 1 aromatic heterocycles. The highest BCUT2D eigenvalue weighted by molar-refractivity contribution is 5.87. The lowest BCUT2D eigenvalue weighted by molar-refractivity contribution is -0.119. The van der Waals surface area contributed by atoms with Crippen LogP contribution in [0.3, 0.4) is 0 Å². The van der Waals surface area contributed by atoms with Crippen molar-refractivity contribution in [2.75, 3.05) is 0 Å². The van der Waals surface area contributed by atoms with Crippen molar-refractivity contribution in [3.63, 3.8) is 0 Å². The fourth-order valence-corrected chi connectivity index (χ4v) is 2.80. The molecule has 1 aliphatic carbocycles. The molecule has 3 nitrogen and oxygen atoms in total. The summed E-state index contributed by atoms with van der Waals surface area (Å²) in [5.74, 6) is -0.108. The highest BCUT2D eigenvalue weighted by Gasteiger charge is 2.39. The first-order chi connectivity index (χ1) is 10.2. The van der Waals surface area contributed by atoms with Crippen molar-refractivity contribution in [1.29, 1.82) is 0 Å². The molecule has 21 heavy (non-hydrogen) atoms. The molecule has 0 atom stereocenters. The van der Waals surface area contributed by atoms with Crippen LogP contribution in [0.2, 0.25) is 0 Å². The van der Waals surface area contributed by atoms with Crippen molar-refractivity contribution in [3.8, 4) is 11.3 Å². The van der Waals surface area contributed by atoms with Crippen LogP contribution in [0.5, 0.6) is 0 Å². The molecule has 1 aromatic carbocycles. The molecule has 0 saturated heterocycles. The normalized spacial score (nSPS) is 15.8. The van der Waals surface area contributed by atoms with Crippen molar-refractivity contribution in [3.05, 3.63) is 66.9 Å². The summed E-state index contributed by atoms with van der Waals surface area (Å²) in [6, 6.07) is 14.2. The van der Waals surface area contributed by atoms with Crippen LogP contribution in [0.1, 0.15) is 24.8 Å². The molecular weight excluding hydrogens is 260 g/mol. The van der Waals surface area contributed by atoms with Gasteiger partial charge in [0.05, 0.1) is 11.2 Å². The molecule has 0 unspecified atom stereocenters. The lowest BCUT2D eigenvalue weighted by atomic mass is 9.71. The van der Waals surface area contributed by atoms with Gasteiger partial charge in [-0.2, -0.15) is 0 Å². The lowest BCUT2D eigenvalue weighted by Gasteiger charge is -2.43. The number of benzene rings is 1. The van der Waals surface area contributed by atoms with E-state index >= 15 is 0 Å². The average molecular weight is 278 g/mol. The largest absolute Gasteiger partial charge is 0.343 e. The Morgan fingerprint density at radius 2 is 1.95 bits per heavy atom. The standard InChI is InChI=1S/C18H18N2O/c1-2-17(21)20-18(11-5-12-18)15-9-7-14(8-10-15)16-6-3-4-13-19-16/h2-4,6-10,13H,1,5,11-12H2,(H,20,21). The summed E-state index contributed by atoms with van der Waals surface area (Å²) in [5.41, 5.74) is 2.99. The topological polar surface area (TPSA) is 42.0 Å². The molecule has 1 amide bonds. The predicted octanol–water partition coefficient (Wildman–Crippen LogP) is 3.43. The number of hydrogen-bond acceptors (Lipinski definition) is 2. The monoisotopic (exact) mass is 278 g/mol. The van der Waals surface area contributed by atoms with Gasteiger partial charge in [0.15, 0.2) is 0 Å². The molecule has 1 heterocycles. The Hall–Kier alpha value is -2.42. The number of hydrogen-bond donors (Lipinski definition) is 1. The van der Waals surface area contributed by atoms with E-state index in [2.05, 4.69) is 41.1 Å². The molecule has 0 radical (unpaired) electrons. The fourth-order valence-electron chi connectivity index (χ4n) is 2.80. The number of nitrogens with zero attached hydrogens (tertiary/aromatic N) is 1. The summed E-state index contributed by atoms with van der Waals surface area (Å²) in [6.45, 7) is 3.53. The summed E-state index contributed by atoms with van der Waals surface area (Å²) in [7, 11) is 0. The minimum absolute atomic E-state index is 0.108. The fraction of sp³-hybridized carbons (Fsp3) is 0.222. The maximum Gasteiger partial charge on any atom is 0.244 e. The molecule has 0 aliphatic heterocycles. The van der Waals surface area contributed by atoms with E-state index < -0.39 is 0 Å². The number of carbonyl (C=O) groups excluding carboxylic acids is 1. The van der Waals surface area contributed by atoms with E-state index in [-0.39, 0.29) is 11.4 Å². The Kier molecular flexibility index (Phi) is 3.57. The number of pyridine rings is 1. The maximum absolute atomic E-state index is 11.6. The van der Waals surface area contributed by atoms with Gasteiger partial charge < -0.3 is 5.32 Å². The lowest BCUT2D eigenvalue weighted by Crippen LogP contribution is -2.50. The Balaban J connectivity index is 1.86. The van der Waals surface area contributed by atoms with E-state index in [1.54, 1.807) is 6.20 Å². The van der Waals surface area contributed by atoms with Crippen LogP contribution in [-0.4, -0.2) is 10.9 Å². The molecule has 1 fully saturated rings. The van der Waals surface area contributed by atoms with E-state index in [0.717, 1.165) is 36.1 Å². The van der Waals surface area contributed by atoms with Gasteiger partial charge in [-0.3, -0.25) is 9.78 Å². The molecule has 1 saturated carbocycles. The summed E-state index contributed by atoms with van der Waals surface area (Å²) < 4.78 is 0. The smallest absolute Gasteiger partial charge is 0.244 e. The van der Waals surface area contributed by atoms with E-state index in [1.807, 2.05) is 18.2 Å². The van der Waals surface area contributed by atoms with Gasteiger partial charge in [0.1, 0.15) is 0 Å². The highest BCUT2D eigenvalue weighted by Crippen LogP contribution is 2.41. The first kappa shape index (κ1) is 13.6. The zero-order chi connectivity index (χ0) is 14.7. The Morgan fingerprint density at radius 1 is 1.19 bits per heavy atom. The SMILES string of the molecule is C=CC(=O)NC1(c2ccc(-c3ccccn3)cc2)CCC1. The van der Waals surface area contributed by atoms with Gasteiger partial charge in [-0.1, -0.05) is 36.9 Å². The third-order valence-electron chi connectivity index (χ3n) is 4.15. The summed E-state index contributed by atoms with van der Waals surface area (Å²) in [4.78, 5) is 16.0. The first-order valence-electron chi connectivity index (χ1n) is 7.20. The second-order valence-corrected chi connectivity index (χ2v) is 5.42. The zero-order valence-corrected chi connectivity index (χ0v) is 11.9. The van der Waals surface area contributed by atoms with E-state index in [0.29, 0.717) is 0 Å². The number of rotatable bonds is 4. The molecule has 2 aromatic rings. The first-order valence-corrected chi connectivity index (χ1v) is 7.20. The highest BCUT2D eigenvalue weighted by atomic mass is 16.1. The predicted molar refractivity (Wildman–Crippen MR) is 83.5 cm³/mol. The summed E-state index contributed by atoms with van der Waals surface area (Å²) in [6.07, 6.45) is 6.23. The molecule has 3 rings (SSSR count). The molecule has 1 aliphatic rings. The van der Waals surface area contributed by atoms with Gasteiger partial charge in [0, 0.05) is 11.8 Å². The van der Waals surface area contributed by atoms with Gasteiger partial charge >= 0.3 is 0 Å². The zero-order valence-electron chi connectivity index (χ0n) is 11.9. The van der Waals surface area contributed by atoms with Gasteiger partial charge in [-0.25, -0.2) is 0 Å². The third-order valence-corrected chi connectivity index (χ3v) is 4.15. The number of amides is 1. The van der Waals surface area contributed by atoms with Gasteiger partial charge in [-0.15, -0.1) is 0 Å².